The summed E-state index contributed by atoms with van der Waals surface area (Å²) in [7, 11) is 2.16. The van der Waals surface area contributed by atoms with Gasteiger partial charge in [-0.25, -0.2) is 9.97 Å². The number of piperidine rings is 1. The summed E-state index contributed by atoms with van der Waals surface area (Å²) in [6.07, 6.45) is 5.45. The topological polar surface area (TPSA) is 65.5 Å². The number of thiophene rings is 1. The van der Waals surface area contributed by atoms with Crippen molar-refractivity contribution < 1.29 is 4.79 Å². The Morgan fingerprint density at radius 2 is 1.79 bits per heavy atom. The van der Waals surface area contributed by atoms with Crippen molar-refractivity contribution in [2.24, 2.45) is 0 Å². The Balaban J connectivity index is 1.28. The predicted molar refractivity (Wildman–Crippen MR) is 133 cm³/mol. The zero-order valence-corrected chi connectivity index (χ0v) is 20.5. The number of likely N-dealkylation sites (tertiary alicyclic amines) is 1. The molecule has 5 heterocycles. The number of carbonyl (C=O) groups is 1. The van der Waals surface area contributed by atoms with Crippen molar-refractivity contribution in [1.29, 1.82) is 0 Å². The van der Waals surface area contributed by atoms with Crippen LogP contribution in [0.15, 0.2) is 30.0 Å². The molecule has 3 aromatic rings. The summed E-state index contributed by atoms with van der Waals surface area (Å²) in [6.45, 7) is 9.98. The summed E-state index contributed by atoms with van der Waals surface area (Å²) in [5.74, 6) is 0.909. The second-order valence-corrected chi connectivity index (χ2v) is 10.5. The van der Waals surface area contributed by atoms with E-state index in [1.807, 2.05) is 16.5 Å². The molecule has 2 aliphatic heterocycles. The van der Waals surface area contributed by atoms with Gasteiger partial charge in [-0.1, -0.05) is 13.8 Å². The maximum Gasteiger partial charge on any atom is 0.254 e. The number of rotatable bonds is 4. The van der Waals surface area contributed by atoms with E-state index >= 15 is 0 Å². The smallest absolute Gasteiger partial charge is 0.254 e. The number of anilines is 1. The first kappa shape index (κ1) is 22.2. The van der Waals surface area contributed by atoms with Crippen LogP contribution < -0.4 is 4.90 Å². The van der Waals surface area contributed by atoms with Crippen LogP contribution in [-0.2, 0) is 0 Å². The van der Waals surface area contributed by atoms with Crippen LogP contribution in [0.25, 0.3) is 11.0 Å². The first-order valence-electron chi connectivity index (χ1n) is 11.9. The fourth-order valence-electron chi connectivity index (χ4n) is 4.80. The number of aromatic nitrogens is 3. The van der Waals surface area contributed by atoms with Gasteiger partial charge in [-0.05, 0) is 37.9 Å². The number of piperazine rings is 1. The van der Waals surface area contributed by atoms with Gasteiger partial charge in [0.2, 0.25) is 0 Å². The lowest BCUT2D eigenvalue weighted by molar-refractivity contribution is 0.0713. The van der Waals surface area contributed by atoms with Gasteiger partial charge >= 0.3 is 0 Å². The quantitative estimate of drug-likeness (QED) is 0.582. The SMILES string of the molecule is CC(C)c1cc(C(=O)N2CCC(c3ncnc4cc(N5CCN(C)CC5)cnc34)CC2)cs1. The summed E-state index contributed by atoms with van der Waals surface area (Å²) in [5, 5.41) is 2.00. The number of likely N-dealkylation sites (N-methyl/N-ethyl adjacent to an activating group) is 1. The van der Waals surface area contributed by atoms with Crippen LogP contribution in [0.4, 0.5) is 5.69 Å². The Labute approximate surface area is 199 Å². The minimum absolute atomic E-state index is 0.152. The zero-order valence-electron chi connectivity index (χ0n) is 19.7. The van der Waals surface area contributed by atoms with E-state index in [0.717, 1.165) is 80.1 Å². The van der Waals surface area contributed by atoms with Gasteiger partial charge in [0.15, 0.2) is 0 Å². The van der Waals surface area contributed by atoms with Crippen LogP contribution in [0, 0.1) is 0 Å². The van der Waals surface area contributed by atoms with Gasteiger partial charge in [0.05, 0.1) is 28.7 Å². The largest absolute Gasteiger partial charge is 0.368 e. The Hall–Kier alpha value is -2.58. The van der Waals surface area contributed by atoms with E-state index in [9.17, 15) is 4.79 Å². The van der Waals surface area contributed by atoms with Crippen LogP contribution in [-0.4, -0.2) is 77.0 Å². The molecule has 3 aromatic heterocycles. The molecule has 0 atom stereocenters. The molecule has 0 spiro atoms. The molecule has 2 saturated heterocycles. The highest BCUT2D eigenvalue weighted by molar-refractivity contribution is 7.10. The van der Waals surface area contributed by atoms with Crippen LogP contribution >= 0.6 is 11.3 Å². The van der Waals surface area contributed by atoms with E-state index < -0.39 is 0 Å². The molecule has 0 aliphatic carbocycles. The molecule has 0 N–H and O–H groups in total. The number of hydrogen-bond donors (Lipinski definition) is 0. The van der Waals surface area contributed by atoms with Gasteiger partial charge in [0.25, 0.3) is 5.91 Å². The van der Waals surface area contributed by atoms with E-state index in [0.29, 0.717) is 11.8 Å². The van der Waals surface area contributed by atoms with E-state index in [-0.39, 0.29) is 5.91 Å². The number of fused-ring (bicyclic) bond motifs is 1. The van der Waals surface area contributed by atoms with Crippen LogP contribution in [0.1, 0.15) is 59.5 Å². The molecule has 0 radical (unpaired) electrons. The van der Waals surface area contributed by atoms with Gasteiger partial charge in [-0.3, -0.25) is 9.78 Å². The monoisotopic (exact) mass is 464 g/mol. The molecule has 5 rings (SSSR count). The van der Waals surface area contributed by atoms with E-state index in [2.05, 4.69) is 52.8 Å². The Kier molecular flexibility index (Phi) is 6.29. The summed E-state index contributed by atoms with van der Waals surface area (Å²) in [4.78, 5) is 35.0. The van der Waals surface area contributed by atoms with Crippen molar-refractivity contribution >= 4 is 34.0 Å². The molecule has 174 valence electrons. The molecular formula is C25H32N6OS. The van der Waals surface area contributed by atoms with Gasteiger partial charge < -0.3 is 14.7 Å². The molecule has 2 fully saturated rings. The predicted octanol–water partition coefficient (Wildman–Crippen LogP) is 3.98. The Bertz CT molecular complexity index is 1130. The van der Waals surface area contributed by atoms with Gasteiger partial charge in [0.1, 0.15) is 11.8 Å². The first-order valence-corrected chi connectivity index (χ1v) is 12.8. The Morgan fingerprint density at radius 1 is 1.03 bits per heavy atom. The van der Waals surface area contributed by atoms with Crippen molar-refractivity contribution in [3.8, 4) is 0 Å². The van der Waals surface area contributed by atoms with E-state index in [4.69, 9.17) is 4.98 Å². The van der Waals surface area contributed by atoms with Crippen LogP contribution in [0.2, 0.25) is 0 Å². The lowest BCUT2D eigenvalue weighted by atomic mass is 9.92. The van der Waals surface area contributed by atoms with E-state index in [1.54, 1.807) is 17.7 Å². The van der Waals surface area contributed by atoms with E-state index in [1.165, 1.54) is 4.88 Å². The molecule has 0 saturated carbocycles. The maximum absolute atomic E-state index is 13.0. The third kappa shape index (κ3) is 4.59. The van der Waals surface area contributed by atoms with Crippen LogP contribution in [0.3, 0.4) is 0 Å². The Morgan fingerprint density at radius 3 is 2.48 bits per heavy atom. The minimum Gasteiger partial charge on any atom is -0.368 e. The lowest BCUT2D eigenvalue weighted by Crippen LogP contribution is -2.44. The highest BCUT2D eigenvalue weighted by Crippen LogP contribution is 2.32. The molecule has 1 amide bonds. The summed E-state index contributed by atoms with van der Waals surface area (Å²) in [5.41, 5.74) is 4.80. The fourth-order valence-corrected chi connectivity index (χ4v) is 5.69. The van der Waals surface area contributed by atoms with Gasteiger partial charge in [-0.15, -0.1) is 11.3 Å². The van der Waals surface area contributed by atoms with Gasteiger partial charge in [0, 0.05) is 55.4 Å². The standard InChI is InChI=1S/C25H32N6OS/c1-17(2)22-12-19(15-33-22)25(32)31-6-4-18(5-7-31)23-24-21(27-16-28-23)13-20(14-26-24)30-10-8-29(3)9-11-30/h12-18H,4-11H2,1-3H3. The number of amides is 1. The average Bonchev–Trinajstić information content (AvgIpc) is 3.34. The van der Waals surface area contributed by atoms with Crippen molar-refractivity contribution in [2.75, 3.05) is 51.2 Å². The number of nitrogens with zero attached hydrogens (tertiary/aromatic N) is 6. The molecule has 8 heteroatoms. The highest BCUT2D eigenvalue weighted by atomic mass is 32.1. The lowest BCUT2D eigenvalue weighted by Gasteiger charge is -2.34. The molecule has 0 aromatic carbocycles. The number of carbonyl (C=O) groups excluding carboxylic acids is 1. The summed E-state index contributed by atoms with van der Waals surface area (Å²) in [6, 6.07) is 4.21. The summed E-state index contributed by atoms with van der Waals surface area (Å²) >= 11 is 1.68. The number of hydrogen-bond acceptors (Lipinski definition) is 7. The first-order chi connectivity index (χ1) is 16.0. The van der Waals surface area contributed by atoms with Crippen LogP contribution in [0.5, 0.6) is 0 Å². The highest BCUT2D eigenvalue weighted by Gasteiger charge is 2.28. The average molecular weight is 465 g/mol. The third-order valence-electron chi connectivity index (χ3n) is 6.96. The van der Waals surface area contributed by atoms with Crippen molar-refractivity contribution in [3.63, 3.8) is 0 Å². The second kappa shape index (κ2) is 9.35. The second-order valence-electron chi connectivity index (χ2n) is 9.57. The molecular weight excluding hydrogens is 432 g/mol. The zero-order chi connectivity index (χ0) is 22.9. The normalized spacial score (nSPS) is 18.4. The van der Waals surface area contributed by atoms with Crippen molar-refractivity contribution in [2.45, 2.75) is 38.5 Å². The molecule has 7 nitrogen and oxygen atoms in total. The maximum atomic E-state index is 13.0. The minimum atomic E-state index is 0.152. The van der Waals surface area contributed by atoms with Crippen molar-refractivity contribution in [3.05, 3.63) is 46.2 Å². The molecule has 0 bridgehead atoms. The fraction of sp³-hybridized carbons (Fsp3) is 0.520. The van der Waals surface area contributed by atoms with Gasteiger partial charge in [-0.2, -0.15) is 0 Å². The molecule has 33 heavy (non-hydrogen) atoms. The summed E-state index contributed by atoms with van der Waals surface area (Å²) < 4.78 is 0. The number of pyridine rings is 1. The molecule has 2 aliphatic rings. The molecule has 0 unspecified atom stereocenters. The van der Waals surface area contributed by atoms with Crippen molar-refractivity contribution in [1.82, 2.24) is 24.8 Å². The third-order valence-corrected chi connectivity index (χ3v) is 8.20.